The number of aliphatic hydroxyl groups excluding tert-OH is 1. The number of hydrogen-bond donors (Lipinski definition) is 4. The number of aliphatic hydroxyl groups is 1. The molecule has 3 atom stereocenters. The SMILES string of the molecule is CC1(C)SCN(C(=O)[C@@H](O)[C@H](Cc2ccccc2)NC(=O)NCc2ccccc2Cl)C1C(=O)NCc1ccccc1Cl. The first kappa shape index (κ1) is 31.7. The second-order valence-corrected chi connectivity index (χ2v) is 13.0. The van der Waals surface area contributed by atoms with Gasteiger partial charge in [-0.05, 0) is 49.1 Å². The van der Waals surface area contributed by atoms with Crippen LogP contribution >= 0.6 is 35.0 Å². The average Bonchev–Trinajstić information content (AvgIpc) is 3.30. The number of nitrogens with one attached hydrogen (secondary N) is 3. The zero-order valence-electron chi connectivity index (χ0n) is 23.3. The molecule has 1 aliphatic rings. The van der Waals surface area contributed by atoms with E-state index < -0.39 is 34.9 Å². The van der Waals surface area contributed by atoms with E-state index in [1.54, 1.807) is 24.3 Å². The van der Waals surface area contributed by atoms with Crippen LogP contribution in [0.5, 0.6) is 0 Å². The summed E-state index contributed by atoms with van der Waals surface area (Å²) in [6.07, 6.45) is -1.41. The molecule has 0 radical (unpaired) electrons. The Balaban J connectivity index is 1.48. The minimum absolute atomic E-state index is 0.165. The van der Waals surface area contributed by atoms with E-state index in [-0.39, 0.29) is 31.3 Å². The summed E-state index contributed by atoms with van der Waals surface area (Å²) >= 11 is 13.9. The van der Waals surface area contributed by atoms with Crippen molar-refractivity contribution < 1.29 is 19.5 Å². The molecule has 222 valence electrons. The number of carbonyl (C=O) groups excluding carboxylic acids is 3. The molecule has 0 aliphatic carbocycles. The van der Waals surface area contributed by atoms with Crippen molar-refractivity contribution >= 4 is 52.8 Å². The Kier molecular flexibility index (Phi) is 10.8. The highest BCUT2D eigenvalue weighted by Gasteiger charge is 2.49. The van der Waals surface area contributed by atoms with Gasteiger partial charge in [0, 0.05) is 27.9 Å². The highest BCUT2D eigenvalue weighted by molar-refractivity contribution is 8.00. The molecule has 8 nitrogen and oxygen atoms in total. The number of rotatable bonds is 10. The van der Waals surface area contributed by atoms with Gasteiger partial charge in [-0.15, -0.1) is 11.8 Å². The summed E-state index contributed by atoms with van der Waals surface area (Å²) in [5.41, 5.74) is 2.31. The lowest BCUT2D eigenvalue weighted by Crippen LogP contribution is -2.59. The maximum Gasteiger partial charge on any atom is 0.315 e. The Hall–Kier alpha value is -3.24. The molecule has 0 saturated carbocycles. The molecule has 1 aliphatic heterocycles. The van der Waals surface area contributed by atoms with Crippen LogP contribution in [0.4, 0.5) is 4.79 Å². The lowest BCUT2D eigenvalue weighted by molar-refractivity contribution is -0.147. The Morgan fingerprint density at radius 2 is 1.45 bits per heavy atom. The van der Waals surface area contributed by atoms with Gasteiger partial charge in [0.2, 0.25) is 5.91 Å². The second-order valence-electron chi connectivity index (χ2n) is 10.6. The third kappa shape index (κ3) is 7.98. The van der Waals surface area contributed by atoms with Gasteiger partial charge in [-0.1, -0.05) is 89.9 Å². The molecule has 3 aromatic carbocycles. The average molecular weight is 630 g/mol. The Morgan fingerprint density at radius 3 is 2.05 bits per heavy atom. The van der Waals surface area contributed by atoms with Gasteiger partial charge < -0.3 is 26.0 Å². The zero-order valence-corrected chi connectivity index (χ0v) is 25.7. The quantitative estimate of drug-likeness (QED) is 0.259. The molecule has 11 heteroatoms. The molecule has 4 rings (SSSR count). The molecule has 4 amide bonds. The van der Waals surface area contributed by atoms with Crippen molar-refractivity contribution in [1.82, 2.24) is 20.9 Å². The molecule has 1 unspecified atom stereocenters. The number of benzene rings is 3. The monoisotopic (exact) mass is 628 g/mol. The number of urea groups is 1. The minimum atomic E-state index is -1.61. The van der Waals surface area contributed by atoms with E-state index in [1.165, 1.54) is 16.7 Å². The van der Waals surface area contributed by atoms with E-state index in [9.17, 15) is 19.5 Å². The zero-order chi connectivity index (χ0) is 30.3. The van der Waals surface area contributed by atoms with Gasteiger partial charge in [-0.3, -0.25) is 9.59 Å². The van der Waals surface area contributed by atoms with Crippen LogP contribution in [0, 0.1) is 0 Å². The first-order chi connectivity index (χ1) is 20.1. The fraction of sp³-hybridized carbons (Fsp3) is 0.323. The Morgan fingerprint density at radius 1 is 0.905 bits per heavy atom. The van der Waals surface area contributed by atoms with Crippen molar-refractivity contribution in [3.8, 4) is 0 Å². The highest BCUT2D eigenvalue weighted by atomic mass is 35.5. The number of halogens is 2. The first-order valence-electron chi connectivity index (χ1n) is 13.5. The van der Waals surface area contributed by atoms with Crippen molar-refractivity contribution in [3.05, 3.63) is 106 Å². The fourth-order valence-corrected chi connectivity index (χ4v) is 6.37. The van der Waals surface area contributed by atoms with Gasteiger partial charge in [0.15, 0.2) is 6.10 Å². The van der Waals surface area contributed by atoms with Gasteiger partial charge >= 0.3 is 6.03 Å². The molecule has 1 fully saturated rings. The summed E-state index contributed by atoms with van der Waals surface area (Å²) in [7, 11) is 0. The van der Waals surface area contributed by atoms with Crippen LogP contribution in [0.3, 0.4) is 0 Å². The molecule has 42 heavy (non-hydrogen) atoms. The van der Waals surface area contributed by atoms with Gasteiger partial charge in [-0.2, -0.15) is 0 Å². The fourth-order valence-electron chi connectivity index (χ4n) is 4.82. The van der Waals surface area contributed by atoms with E-state index in [4.69, 9.17) is 23.2 Å². The van der Waals surface area contributed by atoms with E-state index in [2.05, 4.69) is 16.0 Å². The van der Waals surface area contributed by atoms with Crippen LogP contribution in [-0.4, -0.2) is 56.7 Å². The summed E-state index contributed by atoms with van der Waals surface area (Å²) in [4.78, 5) is 41.5. The molecular weight excluding hydrogens is 595 g/mol. The molecule has 0 bridgehead atoms. The van der Waals surface area contributed by atoms with Crippen molar-refractivity contribution in [1.29, 1.82) is 0 Å². The topological polar surface area (TPSA) is 111 Å². The number of amides is 4. The normalized spacial score (nSPS) is 17.3. The summed E-state index contributed by atoms with van der Waals surface area (Å²) in [5, 5.41) is 20.8. The molecule has 0 spiro atoms. The molecule has 1 heterocycles. The van der Waals surface area contributed by atoms with Crippen LogP contribution in [0.15, 0.2) is 78.9 Å². The highest BCUT2D eigenvalue weighted by Crippen LogP contribution is 2.40. The maximum atomic E-state index is 13.8. The van der Waals surface area contributed by atoms with Crippen molar-refractivity contribution in [2.24, 2.45) is 0 Å². The van der Waals surface area contributed by atoms with Crippen molar-refractivity contribution in [3.63, 3.8) is 0 Å². The maximum absolute atomic E-state index is 13.8. The van der Waals surface area contributed by atoms with Crippen LogP contribution in [-0.2, 0) is 29.1 Å². The van der Waals surface area contributed by atoms with Crippen LogP contribution in [0.1, 0.15) is 30.5 Å². The number of carbonyl (C=O) groups is 3. The molecular formula is C31H34Cl2N4O4S. The molecule has 4 N–H and O–H groups in total. The third-order valence-electron chi connectivity index (χ3n) is 7.13. The predicted octanol–water partition coefficient (Wildman–Crippen LogP) is 4.76. The van der Waals surface area contributed by atoms with Gasteiger partial charge in [0.25, 0.3) is 5.91 Å². The Bertz CT molecular complexity index is 1410. The van der Waals surface area contributed by atoms with Gasteiger partial charge in [0.1, 0.15) is 6.04 Å². The van der Waals surface area contributed by atoms with E-state index in [0.29, 0.717) is 10.0 Å². The summed E-state index contributed by atoms with van der Waals surface area (Å²) in [6.45, 7) is 4.14. The molecule has 3 aromatic rings. The predicted molar refractivity (Wildman–Crippen MR) is 167 cm³/mol. The van der Waals surface area contributed by atoms with Crippen LogP contribution in [0.25, 0.3) is 0 Å². The summed E-state index contributed by atoms with van der Waals surface area (Å²) in [5.74, 6) is -0.780. The van der Waals surface area contributed by atoms with E-state index >= 15 is 0 Å². The van der Waals surface area contributed by atoms with Crippen LogP contribution < -0.4 is 16.0 Å². The number of hydrogen-bond acceptors (Lipinski definition) is 5. The number of thioether (sulfide) groups is 1. The lowest BCUT2D eigenvalue weighted by Gasteiger charge is -2.33. The van der Waals surface area contributed by atoms with Crippen LogP contribution in [0.2, 0.25) is 10.0 Å². The van der Waals surface area contributed by atoms with E-state index in [1.807, 2.05) is 68.4 Å². The minimum Gasteiger partial charge on any atom is -0.381 e. The second kappa shape index (κ2) is 14.3. The van der Waals surface area contributed by atoms with Crippen molar-refractivity contribution in [2.75, 3.05) is 5.88 Å². The third-order valence-corrected chi connectivity index (χ3v) is 9.25. The molecule has 1 saturated heterocycles. The lowest BCUT2D eigenvalue weighted by atomic mass is 9.97. The van der Waals surface area contributed by atoms with Gasteiger partial charge in [-0.25, -0.2) is 4.79 Å². The first-order valence-corrected chi connectivity index (χ1v) is 15.3. The smallest absolute Gasteiger partial charge is 0.315 e. The summed E-state index contributed by atoms with van der Waals surface area (Å²) in [6, 6.07) is 21.2. The van der Waals surface area contributed by atoms with Crippen molar-refractivity contribution in [2.45, 2.75) is 56.3 Å². The standard InChI is InChI=1S/C31H34Cl2N4O4S/c1-31(2)27(28(39)34-17-21-12-6-8-14-23(21)32)37(19-42-31)29(40)26(38)25(16-20-10-4-3-5-11-20)36-30(41)35-18-22-13-7-9-15-24(22)33/h3-15,25-27,38H,16-19H2,1-2H3,(H,34,39)(H2,35,36,41)/t25-,26-,27?/m0/s1. The van der Waals surface area contributed by atoms with Gasteiger partial charge in [0.05, 0.1) is 11.9 Å². The Labute approximate surface area is 260 Å². The largest absolute Gasteiger partial charge is 0.381 e. The number of nitrogens with zero attached hydrogens (tertiary/aromatic N) is 1. The summed E-state index contributed by atoms with van der Waals surface area (Å²) < 4.78 is -0.616. The van der Waals surface area contributed by atoms with E-state index in [0.717, 1.165) is 16.7 Å². The molecule has 0 aromatic heterocycles.